The van der Waals surface area contributed by atoms with Crippen LogP contribution < -0.4 is 5.32 Å². The van der Waals surface area contributed by atoms with E-state index in [1.54, 1.807) is 6.08 Å². The van der Waals surface area contributed by atoms with Crippen LogP contribution in [0.4, 0.5) is 0 Å². The first-order valence-electron chi connectivity index (χ1n) is 34.8. The number of hydrogen-bond donors (Lipinski definition) is 3. The van der Waals surface area contributed by atoms with Gasteiger partial charge in [0.25, 0.3) is 0 Å². The predicted molar refractivity (Wildman–Crippen MR) is 338 cm³/mol. The third kappa shape index (κ3) is 63.1. The first kappa shape index (κ1) is 75.1. The van der Waals surface area contributed by atoms with Crippen molar-refractivity contribution >= 4 is 11.9 Å². The van der Waals surface area contributed by atoms with Gasteiger partial charge in [0.1, 0.15) is 0 Å². The Kier molecular flexibility index (Phi) is 64.9. The number of ether oxygens (including phenoxy) is 1. The molecule has 77 heavy (non-hydrogen) atoms. The van der Waals surface area contributed by atoms with E-state index in [0.717, 1.165) is 51.4 Å². The van der Waals surface area contributed by atoms with Gasteiger partial charge in [0, 0.05) is 12.8 Å². The molecule has 0 aromatic carbocycles. The minimum absolute atomic E-state index is 0.00654. The number of nitrogens with one attached hydrogen (secondary N) is 1. The lowest BCUT2D eigenvalue weighted by molar-refractivity contribution is -0.143. The molecule has 2 unspecified atom stereocenters. The molecule has 0 spiro atoms. The molecule has 0 aliphatic carbocycles. The van der Waals surface area contributed by atoms with Gasteiger partial charge < -0.3 is 20.3 Å². The van der Waals surface area contributed by atoms with Crippen molar-refractivity contribution in [2.75, 3.05) is 13.2 Å². The summed E-state index contributed by atoms with van der Waals surface area (Å²) in [5.41, 5.74) is 0. The molecule has 3 N–H and O–H groups in total. The maximum Gasteiger partial charge on any atom is 0.305 e. The number of unbranched alkanes of at least 4 members (excludes halogenated alkanes) is 50. The number of carbonyl (C=O) groups is 2. The molecule has 0 aromatic heterocycles. The number of hydrogen-bond acceptors (Lipinski definition) is 5. The number of aliphatic hydroxyl groups is 2. The van der Waals surface area contributed by atoms with Gasteiger partial charge in [0.2, 0.25) is 5.91 Å². The van der Waals surface area contributed by atoms with Gasteiger partial charge in [-0.05, 0) is 64.2 Å². The molecule has 0 rings (SSSR count). The predicted octanol–water partition coefficient (Wildman–Crippen LogP) is 22.3. The summed E-state index contributed by atoms with van der Waals surface area (Å²) in [6.45, 7) is 4.90. The van der Waals surface area contributed by atoms with Crippen LogP contribution in [-0.4, -0.2) is 47.4 Å². The molecule has 0 saturated carbocycles. The van der Waals surface area contributed by atoms with Gasteiger partial charge in [-0.25, -0.2) is 0 Å². The number of carbonyl (C=O) groups excluding carboxylic acids is 2. The summed E-state index contributed by atoms with van der Waals surface area (Å²) >= 11 is 0. The Morgan fingerprint density at radius 2 is 0.649 bits per heavy atom. The van der Waals surface area contributed by atoms with Gasteiger partial charge in [0.15, 0.2) is 0 Å². The van der Waals surface area contributed by atoms with E-state index in [-0.39, 0.29) is 18.5 Å². The van der Waals surface area contributed by atoms with Crippen LogP contribution in [0, 0.1) is 0 Å². The monoisotopic (exact) mass is 1080 g/mol. The number of amides is 1. The van der Waals surface area contributed by atoms with Crippen LogP contribution in [0.2, 0.25) is 0 Å². The Balaban J connectivity index is 3.34. The largest absolute Gasteiger partial charge is 0.466 e. The Hall–Kier alpha value is -1.92. The second-order valence-electron chi connectivity index (χ2n) is 23.9. The first-order valence-corrected chi connectivity index (χ1v) is 34.8. The lowest BCUT2D eigenvalue weighted by Crippen LogP contribution is -2.45. The standard InChI is InChI=1S/C71H135NO5/c1-3-5-7-9-11-13-15-17-36-41-45-49-53-57-61-65-71(76)77-66-62-58-54-50-46-42-38-35-33-31-29-27-25-23-21-19-20-22-24-26-28-30-32-34-37-40-44-48-52-56-60-64-70(75)72-68(67-73)69(74)63-59-55-51-47-43-39-18-16-14-12-10-8-6-4-2/h11,13,17,36,59,63,68-69,73-74H,3-10,12,14-16,18-35,37-58,60-62,64-67H2,1-2H3,(H,72,75)/b13-11-,36-17-,63-59+. The average molecular weight is 1080 g/mol. The highest BCUT2D eigenvalue weighted by atomic mass is 16.5. The number of aliphatic hydroxyl groups excluding tert-OH is 2. The van der Waals surface area contributed by atoms with Crippen molar-refractivity contribution in [3.63, 3.8) is 0 Å². The molecule has 0 heterocycles. The highest BCUT2D eigenvalue weighted by Gasteiger charge is 2.18. The summed E-state index contributed by atoms with van der Waals surface area (Å²) in [6.07, 6.45) is 85.1. The molecule has 6 heteroatoms. The first-order chi connectivity index (χ1) is 38.0. The fraction of sp³-hybridized carbons (Fsp3) is 0.887. The Labute approximate surface area is 481 Å². The number of esters is 1. The quantitative estimate of drug-likeness (QED) is 0.0320. The van der Waals surface area contributed by atoms with E-state index in [1.165, 1.54) is 302 Å². The van der Waals surface area contributed by atoms with Crippen molar-refractivity contribution in [3.05, 3.63) is 36.5 Å². The van der Waals surface area contributed by atoms with Crippen LogP contribution in [0.15, 0.2) is 36.5 Å². The summed E-state index contributed by atoms with van der Waals surface area (Å²) in [4.78, 5) is 24.5. The molecular formula is C71H135NO5. The zero-order valence-electron chi connectivity index (χ0n) is 52.0. The van der Waals surface area contributed by atoms with E-state index in [4.69, 9.17) is 4.74 Å². The van der Waals surface area contributed by atoms with Crippen molar-refractivity contribution < 1.29 is 24.5 Å². The van der Waals surface area contributed by atoms with Crippen LogP contribution in [0.25, 0.3) is 0 Å². The van der Waals surface area contributed by atoms with Crippen LogP contribution in [-0.2, 0) is 14.3 Å². The second kappa shape index (κ2) is 66.6. The molecule has 0 aromatic rings. The minimum Gasteiger partial charge on any atom is -0.466 e. The SMILES string of the molecule is CCCCC/C=C\C/C=C\CCCCCCCC(=O)OCCCCCCCCCCCCCCCCCCCCCCCCCCCCCCCCCC(=O)NC(CO)C(O)/C=C/CCCCCCCCCCCCCC. The summed E-state index contributed by atoms with van der Waals surface area (Å²) < 4.78 is 5.49. The summed E-state index contributed by atoms with van der Waals surface area (Å²) in [7, 11) is 0. The van der Waals surface area contributed by atoms with Gasteiger partial charge in [-0.1, -0.05) is 339 Å². The van der Waals surface area contributed by atoms with Crippen LogP contribution in [0.3, 0.4) is 0 Å². The third-order valence-electron chi connectivity index (χ3n) is 16.2. The van der Waals surface area contributed by atoms with Crippen molar-refractivity contribution in [3.8, 4) is 0 Å². The van der Waals surface area contributed by atoms with Crippen molar-refractivity contribution in [2.45, 2.75) is 392 Å². The van der Waals surface area contributed by atoms with Crippen LogP contribution >= 0.6 is 0 Å². The number of rotatable bonds is 65. The van der Waals surface area contributed by atoms with Gasteiger partial charge in [0.05, 0.1) is 25.4 Å². The van der Waals surface area contributed by atoms with E-state index in [2.05, 4.69) is 43.5 Å². The molecule has 2 atom stereocenters. The van der Waals surface area contributed by atoms with E-state index < -0.39 is 12.1 Å². The zero-order valence-corrected chi connectivity index (χ0v) is 52.0. The second-order valence-corrected chi connectivity index (χ2v) is 23.9. The van der Waals surface area contributed by atoms with Gasteiger partial charge in [-0.2, -0.15) is 0 Å². The van der Waals surface area contributed by atoms with Gasteiger partial charge >= 0.3 is 5.97 Å². The Morgan fingerprint density at radius 1 is 0.364 bits per heavy atom. The van der Waals surface area contributed by atoms with E-state index in [9.17, 15) is 19.8 Å². The normalized spacial score (nSPS) is 12.7. The highest BCUT2D eigenvalue weighted by Crippen LogP contribution is 2.19. The van der Waals surface area contributed by atoms with Crippen molar-refractivity contribution in [1.82, 2.24) is 5.32 Å². The molecule has 0 radical (unpaired) electrons. The van der Waals surface area contributed by atoms with Crippen molar-refractivity contribution in [2.24, 2.45) is 0 Å². The van der Waals surface area contributed by atoms with Crippen LogP contribution in [0.1, 0.15) is 380 Å². The van der Waals surface area contributed by atoms with Crippen LogP contribution in [0.5, 0.6) is 0 Å². The molecule has 0 fully saturated rings. The molecule has 0 saturated heterocycles. The van der Waals surface area contributed by atoms with Crippen molar-refractivity contribution in [1.29, 1.82) is 0 Å². The highest BCUT2D eigenvalue weighted by molar-refractivity contribution is 5.76. The topological polar surface area (TPSA) is 95.9 Å². The number of allylic oxidation sites excluding steroid dienone is 5. The zero-order chi connectivity index (χ0) is 55.7. The third-order valence-corrected chi connectivity index (χ3v) is 16.2. The summed E-state index contributed by atoms with van der Waals surface area (Å²) in [6, 6.07) is -0.624. The maximum absolute atomic E-state index is 12.5. The van der Waals surface area contributed by atoms with E-state index >= 15 is 0 Å². The maximum atomic E-state index is 12.5. The Morgan fingerprint density at radius 3 is 1.01 bits per heavy atom. The molecule has 1 amide bonds. The molecule has 6 nitrogen and oxygen atoms in total. The van der Waals surface area contributed by atoms with Gasteiger partial charge in [-0.15, -0.1) is 0 Å². The lowest BCUT2D eigenvalue weighted by Gasteiger charge is -2.20. The Bertz CT molecular complexity index is 1250. The molecule has 454 valence electrons. The average Bonchev–Trinajstić information content (AvgIpc) is 3.43. The summed E-state index contributed by atoms with van der Waals surface area (Å²) in [5, 5.41) is 23.1. The molecule has 0 aliphatic heterocycles. The smallest absolute Gasteiger partial charge is 0.305 e. The fourth-order valence-electron chi connectivity index (χ4n) is 10.8. The van der Waals surface area contributed by atoms with Gasteiger partial charge in [-0.3, -0.25) is 9.59 Å². The molecular weight excluding hydrogens is 947 g/mol. The fourth-order valence-corrected chi connectivity index (χ4v) is 10.8. The molecule has 0 bridgehead atoms. The lowest BCUT2D eigenvalue weighted by atomic mass is 10.0. The minimum atomic E-state index is -0.841. The summed E-state index contributed by atoms with van der Waals surface area (Å²) in [5.74, 6) is -0.0556. The van der Waals surface area contributed by atoms with E-state index in [1.807, 2.05) is 6.08 Å². The molecule has 0 aliphatic rings. The van der Waals surface area contributed by atoms with E-state index in [0.29, 0.717) is 19.4 Å².